The first-order chi connectivity index (χ1) is 14.4. The number of rotatable bonds is 5. The van der Waals surface area contributed by atoms with Crippen LogP contribution in [0, 0.1) is 0 Å². The normalized spacial score (nSPS) is 10.9. The molecule has 0 aliphatic carbocycles. The van der Waals surface area contributed by atoms with E-state index < -0.39 is 11.6 Å². The highest BCUT2D eigenvalue weighted by Gasteiger charge is 2.22. The van der Waals surface area contributed by atoms with Gasteiger partial charge in [-0.05, 0) is 18.2 Å². The summed E-state index contributed by atoms with van der Waals surface area (Å²) in [5.41, 5.74) is 6.33. The first-order valence-electron chi connectivity index (χ1n) is 8.74. The number of nitrogens with one attached hydrogen (secondary N) is 1. The van der Waals surface area contributed by atoms with Crippen molar-refractivity contribution >= 4 is 33.0 Å². The van der Waals surface area contributed by atoms with Gasteiger partial charge in [0.2, 0.25) is 0 Å². The van der Waals surface area contributed by atoms with E-state index in [4.69, 9.17) is 15.2 Å². The van der Waals surface area contributed by atoms with Gasteiger partial charge in [0.25, 0.3) is 5.91 Å². The number of hydrogen-bond acceptors (Lipinski definition) is 6. The Balaban J connectivity index is 2.08. The molecule has 0 bridgehead atoms. The van der Waals surface area contributed by atoms with E-state index in [2.05, 4.69) is 30.9 Å². The fraction of sp³-hybridized carbons (Fsp3) is 0.100. The van der Waals surface area contributed by atoms with E-state index >= 15 is 0 Å². The van der Waals surface area contributed by atoms with Crippen LogP contribution in [-0.2, 0) is 0 Å². The van der Waals surface area contributed by atoms with Crippen LogP contribution in [-0.4, -0.2) is 39.6 Å². The maximum absolute atomic E-state index is 12.8. The highest BCUT2D eigenvalue weighted by atomic mass is 79.9. The van der Waals surface area contributed by atoms with Crippen LogP contribution in [0.15, 0.2) is 51.7 Å². The van der Waals surface area contributed by atoms with Crippen molar-refractivity contribution in [3.63, 3.8) is 0 Å². The van der Waals surface area contributed by atoms with Gasteiger partial charge in [0.05, 0.1) is 19.9 Å². The molecule has 0 fully saturated rings. The number of ether oxygens (including phenoxy) is 2. The van der Waals surface area contributed by atoms with Crippen LogP contribution in [0.4, 0.5) is 0 Å². The third-order valence-electron chi connectivity index (χ3n) is 4.51. The molecule has 0 saturated heterocycles. The van der Waals surface area contributed by atoms with Crippen LogP contribution in [0.1, 0.15) is 10.5 Å². The van der Waals surface area contributed by atoms with Crippen LogP contribution < -0.4 is 20.9 Å². The van der Waals surface area contributed by atoms with Crippen LogP contribution in [0.25, 0.3) is 28.2 Å². The largest absolute Gasteiger partial charge is 0.497 e. The molecule has 0 unspecified atom stereocenters. The summed E-state index contributed by atoms with van der Waals surface area (Å²) in [6.45, 7) is 0. The molecule has 10 heteroatoms. The van der Waals surface area contributed by atoms with Crippen LogP contribution in [0.2, 0.25) is 0 Å². The van der Waals surface area contributed by atoms with E-state index in [1.54, 1.807) is 24.3 Å². The molecule has 2 aromatic heterocycles. The quantitative estimate of drug-likeness (QED) is 0.462. The predicted octanol–water partition coefficient (Wildman–Crippen LogP) is 2.65. The summed E-state index contributed by atoms with van der Waals surface area (Å²) in [4.78, 5) is 36.4. The lowest BCUT2D eigenvalue weighted by atomic mass is 10.2. The maximum Gasteiger partial charge on any atom is 0.332 e. The summed E-state index contributed by atoms with van der Waals surface area (Å²) in [6, 6.07) is 12.3. The van der Waals surface area contributed by atoms with Gasteiger partial charge in [-0.25, -0.2) is 19.3 Å². The molecule has 4 rings (SSSR count). The molecule has 9 nitrogen and oxygen atoms in total. The average Bonchev–Trinajstić information content (AvgIpc) is 3.08. The molecule has 152 valence electrons. The second-order valence-corrected chi connectivity index (χ2v) is 7.10. The average molecular weight is 470 g/mol. The minimum absolute atomic E-state index is 0.0888. The number of hydrogen-bond donors (Lipinski definition) is 2. The molecular weight excluding hydrogens is 454 g/mol. The summed E-state index contributed by atoms with van der Waals surface area (Å²) in [7, 11) is 3.01. The van der Waals surface area contributed by atoms with Gasteiger partial charge < -0.3 is 20.2 Å². The van der Waals surface area contributed by atoms with E-state index in [0.29, 0.717) is 22.7 Å². The molecule has 30 heavy (non-hydrogen) atoms. The number of amides is 1. The Kier molecular flexibility index (Phi) is 5.00. The molecule has 4 aromatic rings. The summed E-state index contributed by atoms with van der Waals surface area (Å²) in [5, 5.41) is 0. The van der Waals surface area contributed by atoms with Gasteiger partial charge in [-0.3, -0.25) is 4.79 Å². The lowest BCUT2D eigenvalue weighted by Gasteiger charge is -2.11. The Labute approximate surface area is 178 Å². The topological polar surface area (TPSA) is 125 Å². The summed E-state index contributed by atoms with van der Waals surface area (Å²) < 4.78 is 12.7. The first-order valence-corrected chi connectivity index (χ1v) is 9.53. The van der Waals surface area contributed by atoms with E-state index in [1.165, 1.54) is 18.8 Å². The van der Waals surface area contributed by atoms with Gasteiger partial charge in [0.1, 0.15) is 17.0 Å². The molecule has 2 aromatic carbocycles. The zero-order valence-corrected chi connectivity index (χ0v) is 17.6. The van der Waals surface area contributed by atoms with Crippen LogP contribution >= 0.6 is 15.9 Å². The monoisotopic (exact) mass is 469 g/mol. The number of halogens is 1. The molecule has 0 spiro atoms. The van der Waals surface area contributed by atoms with Crippen molar-refractivity contribution in [3.05, 3.63) is 63.1 Å². The van der Waals surface area contributed by atoms with Gasteiger partial charge in [-0.2, -0.15) is 0 Å². The SMILES string of the molecule is COc1ccc(-n2c(=O)[nH]c3c(C(N)=O)nc(-c4ccccc4Br)nc32)c(OC)c1. The van der Waals surface area contributed by atoms with Gasteiger partial charge in [-0.1, -0.05) is 34.1 Å². The third kappa shape index (κ3) is 3.20. The smallest absolute Gasteiger partial charge is 0.332 e. The Morgan fingerprint density at radius 1 is 1.13 bits per heavy atom. The number of nitrogens with zero attached hydrogens (tertiary/aromatic N) is 3. The first kappa shape index (κ1) is 19.6. The molecule has 1 amide bonds. The molecule has 0 aliphatic rings. The summed E-state index contributed by atoms with van der Waals surface area (Å²) in [5.74, 6) is 0.402. The second kappa shape index (κ2) is 7.64. The van der Waals surface area contributed by atoms with Crippen molar-refractivity contribution < 1.29 is 14.3 Å². The van der Waals surface area contributed by atoms with Crippen molar-refractivity contribution in [2.24, 2.45) is 5.73 Å². The van der Waals surface area contributed by atoms with E-state index in [0.717, 1.165) is 4.47 Å². The summed E-state index contributed by atoms with van der Waals surface area (Å²) >= 11 is 3.46. The minimum atomic E-state index is -0.786. The van der Waals surface area contributed by atoms with Crippen molar-refractivity contribution in [1.82, 2.24) is 19.5 Å². The van der Waals surface area contributed by atoms with Gasteiger partial charge in [0.15, 0.2) is 17.2 Å². The third-order valence-corrected chi connectivity index (χ3v) is 5.20. The number of primary amides is 1. The predicted molar refractivity (Wildman–Crippen MR) is 114 cm³/mol. The fourth-order valence-electron chi connectivity index (χ4n) is 3.12. The molecule has 2 heterocycles. The number of carbonyl (C=O) groups excluding carboxylic acids is 1. The number of nitrogens with two attached hydrogens (primary N) is 1. The highest BCUT2D eigenvalue weighted by Crippen LogP contribution is 2.31. The zero-order chi connectivity index (χ0) is 21.4. The van der Waals surface area contributed by atoms with Crippen molar-refractivity contribution in [1.29, 1.82) is 0 Å². The van der Waals surface area contributed by atoms with Crippen molar-refractivity contribution in [2.75, 3.05) is 14.2 Å². The lowest BCUT2D eigenvalue weighted by Crippen LogP contribution is -2.16. The molecule has 0 aliphatic heterocycles. The molecule has 0 radical (unpaired) electrons. The number of carbonyl (C=O) groups is 1. The molecule has 0 atom stereocenters. The lowest BCUT2D eigenvalue weighted by molar-refractivity contribution is 0.0997. The zero-order valence-electron chi connectivity index (χ0n) is 16.0. The molecule has 0 saturated carbocycles. The highest BCUT2D eigenvalue weighted by molar-refractivity contribution is 9.10. The number of fused-ring (bicyclic) bond motifs is 1. The Morgan fingerprint density at radius 3 is 2.57 bits per heavy atom. The van der Waals surface area contributed by atoms with Gasteiger partial charge in [0, 0.05) is 16.1 Å². The molecular formula is C20H16BrN5O4. The second-order valence-electron chi connectivity index (χ2n) is 6.24. The standard InChI is InChI=1S/C20H16BrN5O4/c1-29-10-7-8-13(14(9-10)30-2)26-19-16(24-20(26)28)15(17(22)27)23-18(25-19)11-5-3-4-6-12(11)21/h3-9H,1-2H3,(H2,22,27)(H,24,28). The maximum atomic E-state index is 12.8. The van der Waals surface area contributed by atoms with Crippen molar-refractivity contribution in [3.8, 4) is 28.6 Å². The number of aromatic amines is 1. The van der Waals surface area contributed by atoms with Gasteiger partial charge in [-0.15, -0.1) is 0 Å². The van der Waals surface area contributed by atoms with Crippen molar-refractivity contribution in [2.45, 2.75) is 0 Å². The number of imidazole rings is 1. The van der Waals surface area contributed by atoms with Crippen LogP contribution in [0.5, 0.6) is 11.5 Å². The van der Waals surface area contributed by atoms with E-state index in [1.807, 2.05) is 18.2 Å². The molecule has 3 N–H and O–H groups in total. The minimum Gasteiger partial charge on any atom is -0.497 e. The number of benzene rings is 2. The summed E-state index contributed by atoms with van der Waals surface area (Å²) in [6.07, 6.45) is 0. The Bertz CT molecular complexity index is 1350. The van der Waals surface area contributed by atoms with E-state index in [9.17, 15) is 9.59 Å². The van der Waals surface area contributed by atoms with E-state index in [-0.39, 0.29) is 22.7 Å². The van der Waals surface area contributed by atoms with Gasteiger partial charge >= 0.3 is 5.69 Å². The number of H-pyrrole nitrogens is 1. The number of aromatic nitrogens is 4. The fourth-order valence-corrected chi connectivity index (χ4v) is 3.58. The number of methoxy groups -OCH3 is 2. The Hall–Kier alpha value is -3.66. The van der Waals surface area contributed by atoms with Crippen LogP contribution in [0.3, 0.4) is 0 Å². The Morgan fingerprint density at radius 2 is 1.90 bits per heavy atom.